The summed E-state index contributed by atoms with van der Waals surface area (Å²) < 4.78 is 5.78. The molecule has 0 spiro atoms. The van der Waals surface area contributed by atoms with E-state index in [9.17, 15) is 19.8 Å². The lowest BCUT2D eigenvalue weighted by Crippen LogP contribution is -2.58. The van der Waals surface area contributed by atoms with E-state index in [-0.39, 0.29) is 45.9 Å². The van der Waals surface area contributed by atoms with Crippen molar-refractivity contribution in [1.82, 2.24) is 0 Å². The van der Waals surface area contributed by atoms with Gasteiger partial charge in [0, 0.05) is 35.7 Å². The van der Waals surface area contributed by atoms with E-state index in [2.05, 4.69) is 27.7 Å². The van der Waals surface area contributed by atoms with E-state index in [4.69, 9.17) is 4.74 Å². The quantitative estimate of drug-likeness (QED) is 0.272. The SMILES string of the molecule is CC(=O)OC1CCC2(C)C3CC(=O)C(=C(C)C=CC4C(=C(C)C)CC(O)C4(C)O)C3(C)CCC2C1(C)C. The molecule has 4 fully saturated rings. The first-order valence-electron chi connectivity index (χ1n) is 14.1. The van der Waals surface area contributed by atoms with Crippen LogP contribution >= 0.6 is 0 Å². The lowest BCUT2D eigenvalue weighted by Gasteiger charge is -2.62. The van der Waals surface area contributed by atoms with Crippen molar-refractivity contribution >= 4 is 11.8 Å². The summed E-state index contributed by atoms with van der Waals surface area (Å²) in [6.45, 7) is 18.5. The third-order valence-electron chi connectivity index (χ3n) is 11.2. The van der Waals surface area contributed by atoms with Gasteiger partial charge in [0.2, 0.25) is 0 Å². The van der Waals surface area contributed by atoms with E-state index in [0.717, 1.165) is 48.0 Å². The van der Waals surface area contributed by atoms with Crippen LogP contribution in [0.3, 0.4) is 0 Å². The van der Waals surface area contributed by atoms with Gasteiger partial charge in [-0.2, -0.15) is 0 Å². The Labute approximate surface area is 223 Å². The standard InChI is InChI=1S/C32H48O5/c1-18(2)21-16-26(35)32(9,36)22(21)11-10-19(3)28-23(34)17-25-30(7)15-13-27(37-20(4)33)29(5,6)24(30)12-14-31(25,28)8/h10-11,22,24-27,35-36H,12-17H2,1-9H3. The molecule has 2 N–H and O–H groups in total. The first kappa shape index (κ1) is 28.3. The van der Waals surface area contributed by atoms with Gasteiger partial charge in [0.05, 0.1) is 11.7 Å². The maximum absolute atomic E-state index is 13.7. The Hall–Kier alpha value is -1.72. The lowest BCUT2D eigenvalue weighted by atomic mass is 9.43. The van der Waals surface area contributed by atoms with Crippen LogP contribution < -0.4 is 0 Å². The average Bonchev–Trinajstić information content (AvgIpc) is 3.18. The zero-order valence-corrected chi connectivity index (χ0v) is 24.4. The van der Waals surface area contributed by atoms with E-state index in [1.807, 2.05) is 32.9 Å². The molecule has 0 radical (unpaired) electrons. The smallest absolute Gasteiger partial charge is 0.302 e. The van der Waals surface area contributed by atoms with Crippen molar-refractivity contribution in [2.75, 3.05) is 0 Å². The second kappa shape index (κ2) is 9.19. The number of hydrogen-bond acceptors (Lipinski definition) is 5. The number of hydrogen-bond donors (Lipinski definition) is 2. The molecule has 0 aromatic heterocycles. The summed E-state index contributed by atoms with van der Waals surface area (Å²) in [7, 11) is 0. The maximum atomic E-state index is 13.7. The number of rotatable bonds is 3. The minimum Gasteiger partial charge on any atom is -0.462 e. The van der Waals surface area contributed by atoms with Gasteiger partial charge in [-0.1, -0.05) is 51.0 Å². The molecule has 0 saturated heterocycles. The van der Waals surface area contributed by atoms with Crippen LogP contribution in [-0.2, 0) is 14.3 Å². The molecule has 0 heterocycles. The van der Waals surface area contributed by atoms with Gasteiger partial charge in [-0.15, -0.1) is 0 Å². The third-order valence-corrected chi connectivity index (χ3v) is 11.2. The number of aliphatic hydroxyl groups is 2. The molecule has 0 aliphatic heterocycles. The fraction of sp³-hybridized carbons (Fsp3) is 0.750. The number of ketones is 1. The molecule has 4 saturated carbocycles. The Kier molecular flexibility index (Phi) is 7.03. The number of allylic oxidation sites excluding steroid dienone is 4. The molecule has 4 aliphatic carbocycles. The molecule has 8 unspecified atom stereocenters. The Morgan fingerprint density at radius 1 is 0.973 bits per heavy atom. The predicted molar refractivity (Wildman–Crippen MR) is 146 cm³/mol. The molecular formula is C32H48O5. The number of carbonyl (C=O) groups excluding carboxylic acids is 2. The number of Topliss-reactive ketones (excluding diaryl/α,β-unsaturated/α-hetero) is 1. The third kappa shape index (κ3) is 4.29. The van der Waals surface area contributed by atoms with E-state index < -0.39 is 11.7 Å². The van der Waals surface area contributed by atoms with Gasteiger partial charge in [-0.05, 0) is 82.6 Å². The Bertz CT molecular complexity index is 1070. The molecule has 5 nitrogen and oxygen atoms in total. The van der Waals surface area contributed by atoms with Crippen molar-refractivity contribution in [3.63, 3.8) is 0 Å². The number of esters is 1. The van der Waals surface area contributed by atoms with E-state index >= 15 is 0 Å². The first-order chi connectivity index (χ1) is 17.0. The first-order valence-corrected chi connectivity index (χ1v) is 14.1. The van der Waals surface area contributed by atoms with E-state index in [1.54, 1.807) is 6.92 Å². The number of carbonyl (C=O) groups is 2. The summed E-state index contributed by atoms with van der Waals surface area (Å²) in [6.07, 6.45) is 7.94. The van der Waals surface area contributed by atoms with Crippen molar-refractivity contribution in [2.24, 2.45) is 34.0 Å². The van der Waals surface area contributed by atoms with Crippen LogP contribution in [0.5, 0.6) is 0 Å². The molecule has 0 bridgehead atoms. The average molecular weight is 513 g/mol. The van der Waals surface area contributed by atoms with Gasteiger partial charge in [0.15, 0.2) is 5.78 Å². The molecule has 4 rings (SSSR count). The van der Waals surface area contributed by atoms with Gasteiger partial charge < -0.3 is 14.9 Å². The fourth-order valence-electron chi connectivity index (χ4n) is 9.22. The van der Waals surface area contributed by atoms with Gasteiger partial charge in [0.25, 0.3) is 0 Å². The number of aliphatic hydroxyl groups excluding tert-OH is 1. The Balaban J connectivity index is 1.68. The second-order valence-corrected chi connectivity index (χ2v) is 14.0. The fourth-order valence-corrected chi connectivity index (χ4v) is 9.22. The molecular weight excluding hydrogens is 464 g/mol. The molecule has 0 aromatic rings. The molecule has 4 aliphatic rings. The van der Waals surface area contributed by atoms with Crippen molar-refractivity contribution in [2.45, 2.75) is 119 Å². The largest absolute Gasteiger partial charge is 0.462 e. The van der Waals surface area contributed by atoms with E-state index in [0.29, 0.717) is 18.8 Å². The Morgan fingerprint density at radius 3 is 2.22 bits per heavy atom. The predicted octanol–water partition coefficient (Wildman–Crippen LogP) is 6.09. The lowest BCUT2D eigenvalue weighted by molar-refractivity contribution is -0.185. The highest BCUT2D eigenvalue weighted by molar-refractivity contribution is 6.00. The topological polar surface area (TPSA) is 83.8 Å². The van der Waals surface area contributed by atoms with Crippen LogP contribution in [0.1, 0.15) is 101 Å². The summed E-state index contributed by atoms with van der Waals surface area (Å²) in [5.74, 6) is 0.406. The minimum atomic E-state index is -1.22. The zero-order chi connectivity index (χ0) is 27.7. The summed E-state index contributed by atoms with van der Waals surface area (Å²) >= 11 is 0. The second-order valence-electron chi connectivity index (χ2n) is 14.0. The molecule has 37 heavy (non-hydrogen) atoms. The van der Waals surface area contributed by atoms with Crippen LogP contribution in [0.4, 0.5) is 0 Å². The highest BCUT2D eigenvalue weighted by atomic mass is 16.5. The van der Waals surface area contributed by atoms with Crippen molar-refractivity contribution in [3.8, 4) is 0 Å². The van der Waals surface area contributed by atoms with E-state index in [1.165, 1.54) is 6.92 Å². The monoisotopic (exact) mass is 512 g/mol. The summed E-state index contributed by atoms with van der Waals surface area (Å²) in [6, 6.07) is 0. The minimum absolute atomic E-state index is 0.00299. The molecule has 0 aromatic carbocycles. The van der Waals surface area contributed by atoms with Crippen molar-refractivity contribution in [3.05, 3.63) is 34.4 Å². The molecule has 0 amide bonds. The van der Waals surface area contributed by atoms with Crippen LogP contribution in [0.15, 0.2) is 34.4 Å². The van der Waals surface area contributed by atoms with Crippen molar-refractivity contribution in [1.29, 1.82) is 0 Å². The highest BCUT2D eigenvalue weighted by Crippen LogP contribution is 2.69. The maximum Gasteiger partial charge on any atom is 0.302 e. The Morgan fingerprint density at radius 2 is 1.62 bits per heavy atom. The summed E-state index contributed by atoms with van der Waals surface area (Å²) in [4.78, 5) is 25.5. The zero-order valence-electron chi connectivity index (χ0n) is 24.4. The molecule has 5 heteroatoms. The van der Waals surface area contributed by atoms with Gasteiger partial charge in [-0.25, -0.2) is 0 Å². The van der Waals surface area contributed by atoms with Crippen molar-refractivity contribution < 1.29 is 24.5 Å². The van der Waals surface area contributed by atoms with Crippen LogP contribution in [-0.4, -0.2) is 39.8 Å². The van der Waals surface area contributed by atoms with Gasteiger partial charge in [0.1, 0.15) is 6.10 Å². The van der Waals surface area contributed by atoms with Crippen LogP contribution in [0.2, 0.25) is 0 Å². The number of ether oxygens (including phenoxy) is 1. The molecule has 8 atom stereocenters. The van der Waals surface area contributed by atoms with Gasteiger partial charge in [-0.3, -0.25) is 9.59 Å². The number of fused-ring (bicyclic) bond motifs is 3. The molecule has 206 valence electrons. The van der Waals surface area contributed by atoms with Crippen LogP contribution in [0.25, 0.3) is 0 Å². The van der Waals surface area contributed by atoms with Gasteiger partial charge >= 0.3 is 5.97 Å². The normalized spacial score (nSPS) is 44.6. The summed E-state index contributed by atoms with van der Waals surface area (Å²) in [5, 5.41) is 21.5. The summed E-state index contributed by atoms with van der Waals surface area (Å²) in [5.41, 5.74) is 2.58. The highest BCUT2D eigenvalue weighted by Gasteiger charge is 2.65. The van der Waals surface area contributed by atoms with Crippen LogP contribution in [0, 0.1) is 34.0 Å².